The Morgan fingerprint density at radius 1 is 1.12 bits per heavy atom. The SMILES string of the molecule is C/C=C/CCCCCCc1cccc(OC)c1. The highest BCUT2D eigenvalue weighted by molar-refractivity contribution is 5.28. The van der Waals surface area contributed by atoms with Gasteiger partial charge in [-0.3, -0.25) is 0 Å². The van der Waals surface area contributed by atoms with E-state index in [4.69, 9.17) is 4.74 Å². The highest BCUT2D eigenvalue weighted by Gasteiger charge is 1.96. The van der Waals surface area contributed by atoms with Crippen LogP contribution in [-0.4, -0.2) is 7.11 Å². The van der Waals surface area contributed by atoms with Crippen LogP contribution in [-0.2, 0) is 6.42 Å². The van der Waals surface area contributed by atoms with Crippen LogP contribution in [0.25, 0.3) is 0 Å². The Hall–Kier alpha value is -1.24. The van der Waals surface area contributed by atoms with Gasteiger partial charge >= 0.3 is 0 Å². The van der Waals surface area contributed by atoms with Gasteiger partial charge in [0.25, 0.3) is 0 Å². The Kier molecular flexibility index (Phi) is 7.20. The van der Waals surface area contributed by atoms with Crippen LogP contribution in [0, 0.1) is 0 Å². The fourth-order valence-corrected chi connectivity index (χ4v) is 1.94. The first-order valence-corrected chi connectivity index (χ1v) is 6.61. The average Bonchev–Trinajstić information content (AvgIpc) is 2.38. The summed E-state index contributed by atoms with van der Waals surface area (Å²) < 4.78 is 5.22. The summed E-state index contributed by atoms with van der Waals surface area (Å²) in [4.78, 5) is 0. The quantitative estimate of drug-likeness (QED) is 0.463. The Morgan fingerprint density at radius 2 is 1.94 bits per heavy atom. The number of rotatable bonds is 8. The zero-order valence-electron chi connectivity index (χ0n) is 11.1. The maximum Gasteiger partial charge on any atom is 0.119 e. The topological polar surface area (TPSA) is 9.23 Å². The van der Waals surface area contributed by atoms with Gasteiger partial charge in [0.2, 0.25) is 0 Å². The molecule has 0 saturated carbocycles. The van der Waals surface area contributed by atoms with Crippen LogP contribution in [0.15, 0.2) is 36.4 Å². The normalized spacial score (nSPS) is 10.9. The van der Waals surface area contributed by atoms with Gasteiger partial charge in [-0.1, -0.05) is 37.1 Å². The predicted molar refractivity (Wildman–Crippen MR) is 74.6 cm³/mol. The highest BCUT2D eigenvalue weighted by atomic mass is 16.5. The lowest BCUT2D eigenvalue weighted by molar-refractivity contribution is 0.414. The molecule has 0 amide bonds. The van der Waals surface area contributed by atoms with Gasteiger partial charge in [-0.2, -0.15) is 0 Å². The number of unbranched alkanes of at least 4 members (excludes halogenated alkanes) is 4. The fraction of sp³-hybridized carbons (Fsp3) is 0.500. The van der Waals surface area contributed by atoms with Crippen LogP contribution >= 0.6 is 0 Å². The van der Waals surface area contributed by atoms with Crippen molar-refractivity contribution in [2.45, 2.75) is 45.4 Å². The van der Waals surface area contributed by atoms with E-state index < -0.39 is 0 Å². The molecule has 1 aromatic carbocycles. The predicted octanol–water partition coefficient (Wildman–Crippen LogP) is 4.76. The van der Waals surface area contributed by atoms with E-state index in [1.807, 2.05) is 6.07 Å². The molecular weight excluding hydrogens is 208 g/mol. The molecule has 0 atom stereocenters. The maximum absolute atomic E-state index is 5.22. The van der Waals surface area contributed by atoms with E-state index in [1.165, 1.54) is 44.1 Å². The summed E-state index contributed by atoms with van der Waals surface area (Å²) in [6.45, 7) is 2.09. The molecule has 0 aliphatic rings. The van der Waals surface area contributed by atoms with Crippen molar-refractivity contribution in [2.75, 3.05) is 7.11 Å². The van der Waals surface area contributed by atoms with Crippen molar-refractivity contribution >= 4 is 0 Å². The lowest BCUT2D eigenvalue weighted by atomic mass is 10.1. The van der Waals surface area contributed by atoms with Crippen molar-refractivity contribution in [2.24, 2.45) is 0 Å². The van der Waals surface area contributed by atoms with Crippen LogP contribution < -0.4 is 4.74 Å². The Bertz CT molecular complexity index is 328. The molecule has 0 saturated heterocycles. The van der Waals surface area contributed by atoms with Crippen LogP contribution in [0.5, 0.6) is 5.75 Å². The third-order valence-electron chi connectivity index (χ3n) is 2.96. The van der Waals surface area contributed by atoms with E-state index in [0.717, 1.165) is 5.75 Å². The van der Waals surface area contributed by atoms with Crippen molar-refractivity contribution in [3.8, 4) is 5.75 Å². The summed E-state index contributed by atoms with van der Waals surface area (Å²) >= 11 is 0. The van der Waals surface area contributed by atoms with Gasteiger partial charge in [-0.25, -0.2) is 0 Å². The van der Waals surface area contributed by atoms with E-state index in [-0.39, 0.29) is 0 Å². The van der Waals surface area contributed by atoms with E-state index in [2.05, 4.69) is 37.3 Å². The number of aryl methyl sites for hydroxylation is 1. The molecule has 17 heavy (non-hydrogen) atoms. The van der Waals surface area contributed by atoms with Gasteiger partial charge in [0.1, 0.15) is 5.75 Å². The summed E-state index contributed by atoms with van der Waals surface area (Å²) in [7, 11) is 1.72. The number of allylic oxidation sites excluding steroid dienone is 2. The molecule has 0 aliphatic carbocycles. The molecule has 0 spiro atoms. The first kappa shape index (κ1) is 13.8. The molecule has 0 N–H and O–H groups in total. The zero-order chi connectivity index (χ0) is 12.3. The molecule has 0 radical (unpaired) electrons. The second-order valence-corrected chi connectivity index (χ2v) is 4.37. The Labute approximate surface area is 106 Å². The van der Waals surface area contributed by atoms with Crippen LogP contribution in [0.2, 0.25) is 0 Å². The van der Waals surface area contributed by atoms with Gasteiger partial charge in [-0.15, -0.1) is 0 Å². The number of methoxy groups -OCH3 is 1. The van der Waals surface area contributed by atoms with Crippen molar-refractivity contribution in [1.29, 1.82) is 0 Å². The first-order chi connectivity index (χ1) is 8.36. The first-order valence-electron chi connectivity index (χ1n) is 6.61. The minimum absolute atomic E-state index is 0.968. The number of hydrogen-bond donors (Lipinski definition) is 0. The smallest absolute Gasteiger partial charge is 0.119 e. The number of benzene rings is 1. The third kappa shape index (κ3) is 6.15. The monoisotopic (exact) mass is 232 g/mol. The summed E-state index contributed by atoms with van der Waals surface area (Å²) in [5, 5.41) is 0. The second kappa shape index (κ2) is 8.86. The van der Waals surface area contributed by atoms with E-state index in [9.17, 15) is 0 Å². The minimum Gasteiger partial charge on any atom is -0.497 e. The maximum atomic E-state index is 5.22. The van der Waals surface area contributed by atoms with Crippen LogP contribution in [0.3, 0.4) is 0 Å². The number of ether oxygens (including phenoxy) is 1. The van der Waals surface area contributed by atoms with Crippen LogP contribution in [0.4, 0.5) is 0 Å². The molecule has 0 heterocycles. The van der Waals surface area contributed by atoms with Crippen molar-refractivity contribution in [3.05, 3.63) is 42.0 Å². The Balaban J connectivity index is 2.13. The van der Waals surface area contributed by atoms with E-state index >= 15 is 0 Å². The van der Waals surface area contributed by atoms with Gasteiger partial charge in [0, 0.05) is 0 Å². The number of hydrogen-bond acceptors (Lipinski definition) is 1. The van der Waals surface area contributed by atoms with Crippen molar-refractivity contribution in [3.63, 3.8) is 0 Å². The average molecular weight is 232 g/mol. The largest absolute Gasteiger partial charge is 0.497 e. The van der Waals surface area contributed by atoms with Crippen molar-refractivity contribution < 1.29 is 4.74 Å². The van der Waals surface area contributed by atoms with E-state index in [0.29, 0.717) is 0 Å². The van der Waals surface area contributed by atoms with Gasteiger partial charge in [-0.05, 0) is 50.3 Å². The molecule has 1 rings (SSSR count). The molecule has 0 unspecified atom stereocenters. The molecule has 94 valence electrons. The van der Waals surface area contributed by atoms with Gasteiger partial charge < -0.3 is 4.74 Å². The molecule has 0 fully saturated rings. The molecule has 0 aliphatic heterocycles. The second-order valence-electron chi connectivity index (χ2n) is 4.37. The highest BCUT2D eigenvalue weighted by Crippen LogP contribution is 2.15. The molecular formula is C16H24O. The fourth-order valence-electron chi connectivity index (χ4n) is 1.94. The summed E-state index contributed by atoms with van der Waals surface area (Å²) in [6, 6.07) is 8.39. The molecule has 0 bridgehead atoms. The van der Waals surface area contributed by atoms with Crippen LogP contribution in [0.1, 0.15) is 44.6 Å². The lowest BCUT2D eigenvalue weighted by Gasteiger charge is -2.04. The summed E-state index contributed by atoms with van der Waals surface area (Å²) in [6.07, 6.45) is 12.1. The summed E-state index contributed by atoms with van der Waals surface area (Å²) in [5.74, 6) is 0.968. The Morgan fingerprint density at radius 3 is 2.71 bits per heavy atom. The molecule has 1 aromatic rings. The lowest BCUT2D eigenvalue weighted by Crippen LogP contribution is -1.88. The third-order valence-corrected chi connectivity index (χ3v) is 2.96. The minimum atomic E-state index is 0.968. The summed E-state index contributed by atoms with van der Waals surface area (Å²) in [5.41, 5.74) is 1.39. The van der Waals surface area contributed by atoms with E-state index in [1.54, 1.807) is 7.11 Å². The molecule has 1 nitrogen and oxygen atoms in total. The molecule has 0 aromatic heterocycles. The van der Waals surface area contributed by atoms with Crippen molar-refractivity contribution in [1.82, 2.24) is 0 Å². The van der Waals surface area contributed by atoms with Gasteiger partial charge in [0.15, 0.2) is 0 Å². The van der Waals surface area contributed by atoms with Gasteiger partial charge in [0.05, 0.1) is 7.11 Å². The standard InChI is InChI=1S/C16H24O/c1-3-4-5-6-7-8-9-11-15-12-10-13-16(14-15)17-2/h3-4,10,12-14H,5-9,11H2,1-2H3/b4-3+. The zero-order valence-corrected chi connectivity index (χ0v) is 11.1. The molecule has 1 heteroatoms.